The van der Waals surface area contributed by atoms with E-state index in [2.05, 4.69) is 21.0 Å². The minimum atomic E-state index is 0.286. The highest BCUT2D eigenvalue weighted by Gasteiger charge is 2.21. The molecule has 2 heterocycles. The molecule has 0 radical (unpaired) electrons. The van der Waals surface area contributed by atoms with Gasteiger partial charge in [0, 0.05) is 29.2 Å². The van der Waals surface area contributed by atoms with E-state index in [0.29, 0.717) is 11.6 Å². The summed E-state index contributed by atoms with van der Waals surface area (Å²) in [6.07, 6.45) is 8.50. The number of nitrogens with two attached hydrogens (primary N) is 1. The second kappa shape index (κ2) is 5.98. The Morgan fingerprint density at radius 3 is 2.59 bits per heavy atom. The molecular formula is C16H17N5O. The number of aryl methyl sites for hydroxylation is 1. The Morgan fingerprint density at radius 2 is 1.91 bits per heavy atom. The van der Waals surface area contributed by atoms with Crippen molar-refractivity contribution < 1.29 is 4.74 Å². The predicted octanol–water partition coefficient (Wildman–Crippen LogP) is 2.27. The van der Waals surface area contributed by atoms with E-state index in [1.165, 1.54) is 7.11 Å². The van der Waals surface area contributed by atoms with Gasteiger partial charge in [-0.3, -0.25) is 0 Å². The topological polar surface area (TPSA) is 97.7 Å². The van der Waals surface area contributed by atoms with Crippen LogP contribution in [0.3, 0.4) is 0 Å². The SMILES string of the molecule is COc1ncc(-c2c(C#N)c(N)nc3c2CCCCC3)cn1. The molecule has 0 bridgehead atoms. The van der Waals surface area contributed by atoms with Crippen molar-refractivity contribution >= 4 is 5.82 Å². The fraction of sp³-hybridized carbons (Fsp3) is 0.375. The highest BCUT2D eigenvalue weighted by Crippen LogP contribution is 2.34. The van der Waals surface area contributed by atoms with Crippen LogP contribution in [0.4, 0.5) is 5.82 Å². The normalized spacial score (nSPS) is 13.8. The number of anilines is 1. The lowest BCUT2D eigenvalue weighted by atomic mass is 9.93. The summed E-state index contributed by atoms with van der Waals surface area (Å²) in [4.78, 5) is 12.7. The predicted molar refractivity (Wildman–Crippen MR) is 82.2 cm³/mol. The molecule has 0 saturated heterocycles. The fourth-order valence-corrected chi connectivity index (χ4v) is 2.92. The highest BCUT2D eigenvalue weighted by molar-refractivity contribution is 5.78. The summed E-state index contributed by atoms with van der Waals surface area (Å²) in [7, 11) is 1.52. The minimum absolute atomic E-state index is 0.286. The minimum Gasteiger partial charge on any atom is -0.467 e. The Bertz CT molecular complexity index is 734. The molecule has 1 aliphatic carbocycles. The maximum absolute atomic E-state index is 9.50. The van der Waals surface area contributed by atoms with E-state index in [9.17, 15) is 5.26 Å². The molecule has 2 aromatic rings. The van der Waals surface area contributed by atoms with Gasteiger partial charge in [0.25, 0.3) is 0 Å². The van der Waals surface area contributed by atoms with Gasteiger partial charge in [0.15, 0.2) is 0 Å². The third kappa shape index (κ3) is 2.46. The lowest BCUT2D eigenvalue weighted by Gasteiger charge is -2.15. The fourth-order valence-electron chi connectivity index (χ4n) is 2.92. The van der Waals surface area contributed by atoms with Crippen LogP contribution in [0.2, 0.25) is 0 Å². The molecular weight excluding hydrogens is 278 g/mol. The van der Waals surface area contributed by atoms with Gasteiger partial charge in [-0.25, -0.2) is 15.0 Å². The summed E-state index contributed by atoms with van der Waals surface area (Å²) in [5.74, 6) is 0.286. The van der Waals surface area contributed by atoms with Crippen LogP contribution in [0.25, 0.3) is 11.1 Å². The first-order valence-electron chi connectivity index (χ1n) is 7.32. The smallest absolute Gasteiger partial charge is 0.316 e. The first-order chi connectivity index (χ1) is 10.7. The Labute approximate surface area is 129 Å². The van der Waals surface area contributed by atoms with Crippen molar-refractivity contribution in [2.45, 2.75) is 32.1 Å². The first kappa shape index (κ1) is 14.3. The second-order valence-corrected chi connectivity index (χ2v) is 5.30. The van der Waals surface area contributed by atoms with E-state index in [0.717, 1.165) is 54.5 Å². The van der Waals surface area contributed by atoms with Crippen molar-refractivity contribution in [1.82, 2.24) is 15.0 Å². The molecule has 0 saturated carbocycles. The zero-order valence-electron chi connectivity index (χ0n) is 12.5. The number of methoxy groups -OCH3 is 1. The molecule has 3 rings (SSSR count). The van der Waals surface area contributed by atoms with E-state index >= 15 is 0 Å². The van der Waals surface area contributed by atoms with E-state index < -0.39 is 0 Å². The van der Waals surface area contributed by atoms with Crippen LogP contribution >= 0.6 is 0 Å². The Kier molecular flexibility index (Phi) is 3.88. The van der Waals surface area contributed by atoms with Crippen molar-refractivity contribution in [2.75, 3.05) is 12.8 Å². The van der Waals surface area contributed by atoms with E-state index in [4.69, 9.17) is 10.5 Å². The van der Waals surface area contributed by atoms with Crippen LogP contribution in [-0.4, -0.2) is 22.1 Å². The number of nitriles is 1. The van der Waals surface area contributed by atoms with Gasteiger partial charge in [-0.05, 0) is 31.2 Å². The molecule has 22 heavy (non-hydrogen) atoms. The van der Waals surface area contributed by atoms with Gasteiger partial charge >= 0.3 is 6.01 Å². The lowest BCUT2D eigenvalue weighted by molar-refractivity contribution is 0.380. The summed E-state index contributed by atoms with van der Waals surface area (Å²) < 4.78 is 4.99. The monoisotopic (exact) mass is 295 g/mol. The number of fused-ring (bicyclic) bond motifs is 1. The Hall–Kier alpha value is -2.68. The molecule has 6 nitrogen and oxygen atoms in total. The molecule has 0 aromatic carbocycles. The van der Waals surface area contributed by atoms with Gasteiger partial charge in [-0.2, -0.15) is 5.26 Å². The van der Waals surface area contributed by atoms with Crippen molar-refractivity contribution in [3.63, 3.8) is 0 Å². The van der Waals surface area contributed by atoms with Gasteiger partial charge in [-0.1, -0.05) is 6.42 Å². The standard InChI is InChI=1S/C16H17N5O/c1-22-16-19-8-10(9-20-16)14-11-5-3-2-4-6-13(11)21-15(18)12(14)7-17/h8-9H,2-6H2,1H3,(H2,18,21). The number of rotatable bonds is 2. The maximum Gasteiger partial charge on any atom is 0.316 e. The second-order valence-electron chi connectivity index (χ2n) is 5.30. The molecule has 2 aromatic heterocycles. The Morgan fingerprint density at radius 1 is 1.18 bits per heavy atom. The van der Waals surface area contributed by atoms with Crippen LogP contribution in [0, 0.1) is 11.3 Å². The van der Waals surface area contributed by atoms with Gasteiger partial charge in [0.1, 0.15) is 17.5 Å². The van der Waals surface area contributed by atoms with Crippen molar-refractivity contribution in [1.29, 1.82) is 5.26 Å². The van der Waals surface area contributed by atoms with Crippen LogP contribution in [0.1, 0.15) is 36.1 Å². The molecule has 0 spiro atoms. The van der Waals surface area contributed by atoms with E-state index in [-0.39, 0.29) is 5.82 Å². The molecule has 0 unspecified atom stereocenters. The third-order valence-corrected chi connectivity index (χ3v) is 3.96. The molecule has 1 aliphatic rings. The average Bonchev–Trinajstić information content (AvgIpc) is 2.78. The highest BCUT2D eigenvalue weighted by atomic mass is 16.5. The van der Waals surface area contributed by atoms with Crippen molar-refractivity contribution in [3.05, 3.63) is 29.2 Å². The number of ether oxygens (including phenoxy) is 1. The van der Waals surface area contributed by atoms with Crippen molar-refractivity contribution in [2.24, 2.45) is 0 Å². The van der Waals surface area contributed by atoms with E-state index in [1.54, 1.807) is 12.4 Å². The maximum atomic E-state index is 9.50. The molecule has 112 valence electrons. The number of hydrogen-bond donors (Lipinski definition) is 1. The zero-order chi connectivity index (χ0) is 15.5. The number of pyridine rings is 1. The molecule has 0 atom stereocenters. The first-order valence-corrected chi connectivity index (χ1v) is 7.32. The molecule has 2 N–H and O–H groups in total. The summed E-state index contributed by atoms with van der Waals surface area (Å²) in [5.41, 5.74) is 10.1. The van der Waals surface area contributed by atoms with Crippen LogP contribution in [0.5, 0.6) is 6.01 Å². The lowest BCUT2D eigenvalue weighted by Crippen LogP contribution is -2.07. The zero-order valence-corrected chi connectivity index (χ0v) is 12.5. The molecule has 0 aliphatic heterocycles. The van der Waals surface area contributed by atoms with Gasteiger partial charge in [0.05, 0.1) is 7.11 Å². The van der Waals surface area contributed by atoms with Crippen LogP contribution in [-0.2, 0) is 12.8 Å². The van der Waals surface area contributed by atoms with E-state index in [1.807, 2.05) is 0 Å². The summed E-state index contributed by atoms with van der Waals surface area (Å²) in [6.45, 7) is 0. The van der Waals surface area contributed by atoms with Crippen molar-refractivity contribution in [3.8, 4) is 23.2 Å². The Balaban J connectivity index is 2.23. The molecule has 6 heteroatoms. The summed E-state index contributed by atoms with van der Waals surface area (Å²) in [6, 6.07) is 2.49. The largest absolute Gasteiger partial charge is 0.467 e. The number of nitrogen functional groups attached to an aromatic ring is 1. The summed E-state index contributed by atoms with van der Waals surface area (Å²) in [5, 5.41) is 9.50. The third-order valence-electron chi connectivity index (χ3n) is 3.96. The summed E-state index contributed by atoms with van der Waals surface area (Å²) >= 11 is 0. The number of hydrogen-bond acceptors (Lipinski definition) is 6. The van der Waals surface area contributed by atoms with Gasteiger partial charge < -0.3 is 10.5 Å². The molecule has 0 amide bonds. The van der Waals surface area contributed by atoms with Crippen LogP contribution < -0.4 is 10.5 Å². The quantitative estimate of drug-likeness (QED) is 0.853. The van der Waals surface area contributed by atoms with Crippen LogP contribution in [0.15, 0.2) is 12.4 Å². The number of aromatic nitrogens is 3. The molecule has 0 fully saturated rings. The van der Waals surface area contributed by atoms with Gasteiger partial charge in [0.2, 0.25) is 0 Å². The van der Waals surface area contributed by atoms with Gasteiger partial charge in [-0.15, -0.1) is 0 Å². The average molecular weight is 295 g/mol. The number of nitrogens with zero attached hydrogens (tertiary/aromatic N) is 4.